The van der Waals surface area contributed by atoms with Crippen LogP contribution in [0, 0.1) is 5.82 Å². The molecule has 1 rings (SSSR count). The standard InChI is InChI=1S/C14H21BrFNO/c1-11(2)18-8-4-3-7-17-10-12-9-13(15)5-6-14(12)16/h5-6,9,11,17H,3-4,7-8,10H2,1-2H3. The first-order valence-electron chi connectivity index (χ1n) is 6.36. The van der Waals surface area contributed by atoms with Gasteiger partial charge in [0.25, 0.3) is 0 Å². The number of hydrogen-bond acceptors (Lipinski definition) is 2. The van der Waals surface area contributed by atoms with Crippen molar-refractivity contribution in [2.45, 2.75) is 39.3 Å². The summed E-state index contributed by atoms with van der Waals surface area (Å²) in [6.07, 6.45) is 2.38. The third kappa shape index (κ3) is 6.47. The van der Waals surface area contributed by atoms with Crippen molar-refractivity contribution in [1.82, 2.24) is 5.32 Å². The van der Waals surface area contributed by atoms with Gasteiger partial charge in [0, 0.05) is 23.2 Å². The second-order valence-corrected chi connectivity index (χ2v) is 5.45. The molecule has 0 spiro atoms. The first kappa shape index (κ1) is 15.6. The fraction of sp³-hybridized carbons (Fsp3) is 0.571. The van der Waals surface area contributed by atoms with E-state index in [1.54, 1.807) is 6.07 Å². The maximum absolute atomic E-state index is 13.4. The molecule has 0 atom stereocenters. The Hall–Kier alpha value is -0.450. The number of ether oxygens (including phenoxy) is 1. The van der Waals surface area contributed by atoms with Gasteiger partial charge >= 0.3 is 0 Å². The van der Waals surface area contributed by atoms with Gasteiger partial charge in [0.15, 0.2) is 0 Å². The lowest BCUT2D eigenvalue weighted by molar-refractivity contribution is 0.0760. The summed E-state index contributed by atoms with van der Waals surface area (Å²) in [5.74, 6) is -0.158. The second-order valence-electron chi connectivity index (χ2n) is 4.54. The predicted molar refractivity (Wildman–Crippen MR) is 76.1 cm³/mol. The van der Waals surface area contributed by atoms with Gasteiger partial charge in [0.05, 0.1) is 6.10 Å². The summed E-state index contributed by atoms with van der Waals surface area (Å²) in [7, 11) is 0. The molecule has 0 bridgehead atoms. The van der Waals surface area contributed by atoms with Gasteiger partial charge in [-0.1, -0.05) is 15.9 Å². The second kappa shape index (κ2) is 8.62. The van der Waals surface area contributed by atoms with Crippen LogP contribution < -0.4 is 5.32 Å². The van der Waals surface area contributed by atoms with Gasteiger partial charge in [-0.25, -0.2) is 4.39 Å². The zero-order chi connectivity index (χ0) is 13.4. The lowest BCUT2D eigenvalue weighted by Crippen LogP contribution is -2.16. The van der Waals surface area contributed by atoms with Crippen molar-refractivity contribution in [2.75, 3.05) is 13.2 Å². The summed E-state index contributed by atoms with van der Waals surface area (Å²) < 4.78 is 19.8. The molecule has 0 heterocycles. The largest absolute Gasteiger partial charge is 0.379 e. The minimum atomic E-state index is -0.158. The van der Waals surface area contributed by atoms with Gasteiger partial charge < -0.3 is 10.1 Å². The molecule has 0 saturated carbocycles. The average molecular weight is 318 g/mol. The molecular weight excluding hydrogens is 297 g/mol. The summed E-state index contributed by atoms with van der Waals surface area (Å²) in [6.45, 7) is 6.32. The highest BCUT2D eigenvalue weighted by Crippen LogP contribution is 2.15. The van der Waals surface area contributed by atoms with E-state index in [9.17, 15) is 4.39 Å². The van der Waals surface area contributed by atoms with Crippen molar-refractivity contribution < 1.29 is 9.13 Å². The molecule has 18 heavy (non-hydrogen) atoms. The molecule has 0 unspecified atom stereocenters. The first-order chi connectivity index (χ1) is 8.59. The minimum absolute atomic E-state index is 0.158. The number of halogens is 2. The SMILES string of the molecule is CC(C)OCCCCNCc1cc(Br)ccc1F. The highest BCUT2D eigenvalue weighted by Gasteiger charge is 2.02. The molecule has 0 aromatic heterocycles. The van der Waals surface area contributed by atoms with Crippen LogP contribution in [0.3, 0.4) is 0 Å². The summed E-state index contributed by atoms with van der Waals surface area (Å²) in [5.41, 5.74) is 0.697. The summed E-state index contributed by atoms with van der Waals surface area (Å²) in [5, 5.41) is 3.24. The fourth-order valence-corrected chi connectivity index (χ4v) is 1.98. The average Bonchev–Trinajstić information content (AvgIpc) is 2.32. The van der Waals surface area contributed by atoms with E-state index in [4.69, 9.17) is 4.74 Å². The third-order valence-corrected chi connectivity index (χ3v) is 3.02. The fourth-order valence-electron chi connectivity index (χ4n) is 1.57. The van der Waals surface area contributed by atoms with Crippen LogP contribution in [0.4, 0.5) is 4.39 Å². The third-order valence-electron chi connectivity index (χ3n) is 2.52. The molecule has 1 aromatic carbocycles. The van der Waals surface area contributed by atoms with Crippen LogP contribution in [0.1, 0.15) is 32.3 Å². The van der Waals surface area contributed by atoms with E-state index in [2.05, 4.69) is 21.2 Å². The van der Waals surface area contributed by atoms with Crippen molar-refractivity contribution >= 4 is 15.9 Å². The summed E-state index contributed by atoms with van der Waals surface area (Å²) >= 11 is 3.34. The number of hydrogen-bond donors (Lipinski definition) is 1. The van der Waals surface area contributed by atoms with Gasteiger partial charge in [0.2, 0.25) is 0 Å². The van der Waals surface area contributed by atoms with Crippen LogP contribution in [0.2, 0.25) is 0 Å². The van der Waals surface area contributed by atoms with E-state index in [0.717, 1.165) is 30.5 Å². The van der Waals surface area contributed by atoms with E-state index in [0.29, 0.717) is 18.2 Å². The predicted octanol–water partition coefficient (Wildman–Crippen LogP) is 3.88. The lowest BCUT2D eigenvalue weighted by atomic mass is 10.2. The Morgan fingerprint density at radius 3 is 2.83 bits per heavy atom. The van der Waals surface area contributed by atoms with Crippen LogP contribution in [-0.2, 0) is 11.3 Å². The number of nitrogens with one attached hydrogen (secondary N) is 1. The Balaban J connectivity index is 2.12. The Morgan fingerprint density at radius 2 is 2.11 bits per heavy atom. The highest BCUT2D eigenvalue weighted by molar-refractivity contribution is 9.10. The molecule has 4 heteroatoms. The molecule has 0 saturated heterocycles. The van der Waals surface area contributed by atoms with Crippen molar-refractivity contribution in [3.8, 4) is 0 Å². The van der Waals surface area contributed by atoms with Crippen LogP contribution in [0.5, 0.6) is 0 Å². The van der Waals surface area contributed by atoms with Gasteiger partial charge in [-0.3, -0.25) is 0 Å². The molecule has 1 N–H and O–H groups in total. The smallest absolute Gasteiger partial charge is 0.127 e. The van der Waals surface area contributed by atoms with Crippen LogP contribution in [0.25, 0.3) is 0 Å². The normalized spacial score (nSPS) is 11.2. The highest BCUT2D eigenvalue weighted by atomic mass is 79.9. The van der Waals surface area contributed by atoms with E-state index in [1.165, 1.54) is 6.07 Å². The Labute approximate surface area is 117 Å². The monoisotopic (exact) mass is 317 g/mol. The Morgan fingerprint density at radius 1 is 1.33 bits per heavy atom. The summed E-state index contributed by atoms with van der Waals surface area (Å²) in [4.78, 5) is 0. The van der Waals surface area contributed by atoms with Crippen LogP contribution >= 0.6 is 15.9 Å². The minimum Gasteiger partial charge on any atom is -0.379 e. The molecule has 0 aliphatic carbocycles. The van der Waals surface area contributed by atoms with Gasteiger partial charge in [0.1, 0.15) is 5.82 Å². The Kier molecular flexibility index (Phi) is 7.47. The van der Waals surface area contributed by atoms with Gasteiger partial charge in [-0.05, 0) is 51.4 Å². The number of benzene rings is 1. The van der Waals surface area contributed by atoms with Crippen molar-refractivity contribution in [2.24, 2.45) is 0 Å². The molecule has 1 aromatic rings. The van der Waals surface area contributed by atoms with E-state index in [1.807, 2.05) is 19.9 Å². The maximum atomic E-state index is 13.4. The molecule has 0 amide bonds. The zero-order valence-electron chi connectivity index (χ0n) is 11.0. The molecule has 0 fully saturated rings. The van der Waals surface area contributed by atoms with Crippen LogP contribution in [-0.4, -0.2) is 19.3 Å². The van der Waals surface area contributed by atoms with Crippen molar-refractivity contribution in [3.05, 3.63) is 34.1 Å². The number of rotatable bonds is 8. The maximum Gasteiger partial charge on any atom is 0.127 e. The lowest BCUT2D eigenvalue weighted by Gasteiger charge is -2.08. The molecule has 0 aliphatic rings. The van der Waals surface area contributed by atoms with E-state index in [-0.39, 0.29) is 5.82 Å². The van der Waals surface area contributed by atoms with E-state index >= 15 is 0 Å². The van der Waals surface area contributed by atoms with Gasteiger partial charge in [-0.2, -0.15) is 0 Å². The number of unbranched alkanes of at least 4 members (excludes halogenated alkanes) is 1. The first-order valence-corrected chi connectivity index (χ1v) is 7.15. The topological polar surface area (TPSA) is 21.3 Å². The molecule has 2 nitrogen and oxygen atoms in total. The molecule has 0 radical (unpaired) electrons. The van der Waals surface area contributed by atoms with Crippen molar-refractivity contribution in [1.29, 1.82) is 0 Å². The molecule has 0 aliphatic heterocycles. The van der Waals surface area contributed by atoms with Gasteiger partial charge in [-0.15, -0.1) is 0 Å². The quantitative estimate of drug-likeness (QED) is 0.735. The molecule has 102 valence electrons. The van der Waals surface area contributed by atoms with Crippen molar-refractivity contribution in [3.63, 3.8) is 0 Å². The van der Waals surface area contributed by atoms with E-state index < -0.39 is 0 Å². The molecular formula is C14H21BrFNO. The summed E-state index contributed by atoms with van der Waals surface area (Å²) in [6, 6.07) is 5.00. The van der Waals surface area contributed by atoms with Crippen LogP contribution in [0.15, 0.2) is 22.7 Å². The zero-order valence-corrected chi connectivity index (χ0v) is 12.6. The Bertz CT molecular complexity index is 358.